The van der Waals surface area contributed by atoms with Gasteiger partial charge in [-0.1, -0.05) is 0 Å². The number of esters is 1. The van der Waals surface area contributed by atoms with Crippen LogP contribution in [0.1, 0.15) is 47.3 Å². The SMILES string of the molecule is CSc1nc(C2CC2)cc(C(=O)OC(C)C(=O)N2CCNC2=O)c1C#N. The van der Waals surface area contributed by atoms with E-state index in [9.17, 15) is 19.6 Å². The summed E-state index contributed by atoms with van der Waals surface area (Å²) in [5, 5.41) is 12.4. The summed E-state index contributed by atoms with van der Waals surface area (Å²) in [5.74, 6) is -1.05. The second-order valence-electron chi connectivity index (χ2n) is 6.13. The first kappa shape index (κ1) is 18.2. The fourth-order valence-corrected chi connectivity index (χ4v) is 3.28. The number of carbonyl (C=O) groups excluding carboxylic acids is 3. The van der Waals surface area contributed by atoms with Gasteiger partial charge in [0.05, 0.1) is 11.1 Å². The molecule has 2 heterocycles. The van der Waals surface area contributed by atoms with Crippen molar-refractivity contribution in [3.05, 3.63) is 22.9 Å². The van der Waals surface area contributed by atoms with Gasteiger partial charge in [-0.3, -0.25) is 9.69 Å². The summed E-state index contributed by atoms with van der Waals surface area (Å²) in [6.45, 7) is 2.02. The Bertz CT molecular complexity index is 816. The van der Waals surface area contributed by atoms with E-state index in [-0.39, 0.29) is 17.7 Å². The minimum Gasteiger partial charge on any atom is -0.449 e. The molecule has 9 heteroatoms. The fraction of sp³-hybridized carbons (Fsp3) is 0.471. The van der Waals surface area contributed by atoms with Crippen molar-refractivity contribution < 1.29 is 19.1 Å². The molecule has 1 atom stereocenters. The van der Waals surface area contributed by atoms with E-state index in [4.69, 9.17) is 4.74 Å². The third kappa shape index (κ3) is 3.51. The molecule has 136 valence electrons. The predicted molar refractivity (Wildman–Crippen MR) is 92.7 cm³/mol. The number of aromatic nitrogens is 1. The highest BCUT2D eigenvalue weighted by molar-refractivity contribution is 7.98. The highest BCUT2D eigenvalue weighted by Crippen LogP contribution is 2.40. The zero-order chi connectivity index (χ0) is 18.8. The van der Waals surface area contributed by atoms with E-state index in [1.54, 1.807) is 12.3 Å². The molecule has 1 aromatic rings. The molecule has 1 aromatic heterocycles. The number of rotatable bonds is 5. The predicted octanol–water partition coefficient (Wildman–Crippen LogP) is 1.65. The number of imide groups is 1. The van der Waals surface area contributed by atoms with Crippen LogP contribution in [0.4, 0.5) is 4.79 Å². The summed E-state index contributed by atoms with van der Waals surface area (Å²) in [4.78, 5) is 42.0. The van der Waals surface area contributed by atoms with Crippen LogP contribution < -0.4 is 5.32 Å². The van der Waals surface area contributed by atoms with Crippen molar-refractivity contribution in [2.45, 2.75) is 36.8 Å². The number of thioether (sulfide) groups is 1. The zero-order valence-corrected chi connectivity index (χ0v) is 15.3. The molecule has 1 unspecified atom stereocenters. The minimum atomic E-state index is -1.13. The molecule has 2 aliphatic rings. The lowest BCUT2D eigenvalue weighted by Gasteiger charge is -2.18. The van der Waals surface area contributed by atoms with Gasteiger partial charge < -0.3 is 10.1 Å². The molecule has 3 amide bonds. The highest BCUT2D eigenvalue weighted by Gasteiger charge is 2.33. The Balaban J connectivity index is 1.82. The molecule has 1 aliphatic heterocycles. The molecule has 0 radical (unpaired) electrons. The number of nitrogens with zero attached hydrogens (tertiary/aromatic N) is 3. The number of ether oxygens (including phenoxy) is 1. The maximum absolute atomic E-state index is 12.6. The molecule has 1 saturated carbocycles. The Kier molecular flexibility index (Phi) is 5.13. The Morgan fingerprint density at radius 1 is 1.50 bits per heavy atom. The van der Waals surface area contributed by atoms with Crippen LogP contribution in [-0.2, 0) is 9.53 Å². The van der Waals surface area contributed by atoms with Crippen LogP contribution in [-0.4, -0.2) is 53.2 Å². The second kappa shape index (κ2) is 7.33. The molecule has 1 N–H and O–H groups in total. The topological polar surface area (TPSA) is 112 Å². The first-order valence-corrected chi connectivity index (χ1v) is 9.48. The Morgan fingerprint density at radius 3 is 2.77 bits per heavy atom. The number of urea groups is 1. The van der Waals surface area contributed by atoms with Crippen molar-refractivity contribution in [3.8, 4) is 6.07 Å². The Labute approximate surface area is 154 Å². The average molecular weight is 374 g/mol. The van der Waals surface area contributed by atoms with Crippen molar-refractivity contribution in [1.29, 1.82) is 5.26 Å². The van der Waals surface area contributed by atoms with E-state index < -0.39 is 24.0 Å². The van der Waals surface area contributed by atoms with E-state index in [0.29, 0.717) is 17.5 Å². The number of nitrogens with one attached hydrogen (secondary N) is 1. The molecule has 0 aromatic carbocycles. The first-order valence-electron chi connectivity index (χ1n) is 8.25. The van der Waals surface area contributed by atoms with E-state index in [1.165, 1.54) is 18.7 Å². The van der Waals surface area contributed by atoms with Gasteiger partial charge in [0.25, 0.3) is 5.91 Å². The van der Waals surface area contributed by atoms with E-state index in [2.05, 4.69) is 10.3 Å². The maximum atomic E-state index is 12.6. The molecule has 2 fully saturated rings. The number of amides is 3. The van der Waals surface area contributed by atoms with Crippen molar-refractivity contribution in [2.24, 2.45) is 0 Å². The van der Waals surface area contributed by atoms with Gasteiger partial charge in [-0.25, -0.2) is 14.6 Å². The largest absolute Gasteiger partial charge is 0.449 e. The van der Waals surface area contributed by atoms with Crippen LogP contribution in [0.2, 0.25) is 0 Å². The van der Waals surface area contributed by atoms with Crippen LogP contribution in [0.15, 0.2) is 11.1 Å². The lowest BCUT2D eigenvalue weighted by Crippen LogP contribution is -2.41. The van der Waals surface area contributed by atoms with Crippen LogP contribution in [0.3, 0.4) is 0 Å². The van der Waals surface area contributed by atoms with Crippen molar-refractivity contribution >= 4 is 29.7 Å². The third-order valence-corrected chi connectivity index (χ3v) is 4.96. The van der Waals surface area contributed by atoms with Crippen LogP contribution in [0.5, 0.6) is 0 Å². The molecule has 1 aliphatic carbocycles. The van der Waals surface area contributed by atoms with E-state index in [0.717, 1.165) is 23.4 Å². The van der Waals surface area contributed by atoms with E-state index >= 15 is 0 Å². The van der Waals surface area contributed by atoms with Gasteiger partial charge in [-0.15, -0.1) is 11.8 Å². The lowest BCUT2D eigenvalue weighted by atomic mass is 10.1. The molecule has 0 bridgehead atoms. The number of hydrogen-bond donors (Lipinski definition) is 1. The standard InChI is InChI=1S/C17H18N4O4S/c1-9(15(22)21-6-5-19-17(21)24)25-16(23)11-7-13(10-3-4-10)20-14(26-2)12(11)8-18/h7,9-10H,3-6H2,1-2H3,(H,19,24). The number of nitriles is 1. The van der Waals surface area contributed by atoms with Gasteiger partial charge in [0.2, 0.25) is 0 Å². The van der Waals surface area contributed by atoms with Gasteiger partial charge in [0.1, 0.15) is 11.1 Å². The molecular formula is C17H18N4O4S. The molecule has 26 heavy (non-hydrogen) atoms. The summed E-state index contributed by atoms with van der Waals surface area (Å²) < 4.78 is 5.26. The molecule has 0 spiro atoms. The van der Waals surface area contributed by atoms with Crippen molar-refractivity contribution in [3.63, 3.8) is 0 Å². The summed E-state index contributed by atoms with van der Waals surface area (Å²) in [6.07, 6.45) is 2.65. The first-order chi connectivity index (χ1) is 12.5. The smallest absolute Gasteiger partial charge is 0.340 e. The highest BCUT2D eigenvalue weighted by atomic mass is 32.2. The van der Waals surface area contributed by atoms with E-state index in [1.807, 2.05) is 6.07 Å². The quantitative estimate of drug-likeness (QED) is 0.616. The van der Waals surface area contributed by atoms with Crippen molar-refractivity contribution in [2.75, 3.05) is 19.3 Å². The van der Waals surface area contributed by atoms with Gasteiger partial charge in [-0.2, -0.15) is 5.26 Å². The van der Waals surface area contributed by atoms with Crippen LogP contribution in [0, 0.1) is 11.3 Å². The van der Waals surface area contributed by atoms with Crippen LogP contribution in [0.25, 0.3) is 0 Å². The fourth-order valence-electron chi connectivity index (χ4n) is 2.72. The van der Waals surface area contributed by atoms with Gasteiger partial charge in [-0.05, 0) is 32.1 Å². The van der Waals surface area contributed by atoms with Crippen molar-refractivity contribution in [1.82, 2.24) is 15.2 Å². The third-order valence-electron chi connectivity index (χ3n) is 4.28. The summed E-state index contributed by atoms with van der Waals surface area (Å²) in [5.41, 5.74) is 1.02. The average Bonchev–Trinajstić information content (AvgIpc) is 3.40. The van der Waals surface area contributed by atoms with Gasteiger partial charge in [0, 0.05) is 24.7 Å². The summed E-state index contributed by atoms with van der Waals surface area (Å²) in [7, 11) is 0. The number of carbonyl (C=O) groups is 3. The Morgan fingerprint density at radius 2 is 2.23 bits per heavy atom. The monoisotopic (exact) mass is 374 g/mol. The van der Waals surface area contributed by atoms with Gasteiger partial charge >= 0.3 is 12.0 Å². The number of pyridine rings is 1. The maximum Gasteiger partial charge on any atom is 0.340 e. The normalized spacial score (nSPS) is 17.4. The van der Waals surface area contributed by atoms with Gasteiger partial charge in [0.15, 0.2) is 6.10 Å². The molecule has 8 nitrogen and oxygen atoms in total. The minimum absolute atomic E-state index is 0.110. The zero-order valence-electron chi connectivity index (χ0n) is 14.4. The Hall–Kier alpha value is -2.60. The molecular weight excluding hydrogens is 356 g/mol. The summed E-state index contributed by atoms with van der Waals surface area (Å²) >= 11 is 1.29. The summed E-state index contributed by atoms with van der Waals surface area (Å²) in [6, 6.07) is 3.09. The molecule has 1 saturated heterocycles. The molecule has 3 rings (SSSR count). The lowest BCUT2D eigenvalue weighted by molar-refractivity contribution is -0.136. The number of hydrogen-bond acceptors (Lipinski definition) is 7. The van der Waals surface area contributed by atoms with Crippen LogP contribution >= 0.6 is 11.8 Å². The second-order valence-corrected chi connectivity index (χ2v) is 6.93.